The van der Waals surface area contributed by atoms with E-state index >= 15 is 0 Å². The van der Waals surface area contributed by atoms with Gasteiger partial charge in [-0.25, -0.2) is 0 Å². The highest BCUT2D eigenvalue weighted by Gasteiger charge is 2.19. The van der Waals surface area contributed by atoms with E-state index < -0.39 is 0 Å². The van der Waals surface area contributed by atoms with Crippen molar-refractivity contribution in [3.63, 3.8) is 0 Å². The molecule has 0 aliphatic rings. The van der Waals surface area contributed by atoms with E-state index in [-0.39, 0.29) is 12.5 Å². The minimum Gasteiger partial charge on any atom is -0.493 e. The predicted molar refractivity (Wildman–Crippen MR) is 79.9 cm³/mol. The van der Waals surface area contributed by atoms with E-state index in [4.69, 9.17) is 15.6 Å². The van der Waals surface area contributed by atoms with Crippen molar-refractivity contribution in [1.82, 2.24) is 4.90 Å². The molecular formula is C15H24N2O3. The van der Waals surface area contributed by atoms with Crippen molar-refractivity contribution < 1.29 is 14.6 Å². The van der Waals surface area contributed by atoms with E-state index in [0.29, 0.717) is 30.2 Å². The quantitative estimate of drug-likeness (QED) is 0.563. The van der Waals surface area contributed by atoms with Gasteiger partial charge in [0.1, 0.15) is 11.3 Å². The number of anilines is 1. The van der Waals surface area contributed by atoms with Crippen LogP contribution in [0.4, 0.5) is 5.69 Å². The fraction of sp³-hybridized carbons (Fsp3) is 0.533. The summed E-state index contributed by atoms with van der Waals surface area (Å²) in [4.78, 5) is 14.1. The SMILES string of the molecule is CCOc1cccc(N)c1C(=O)N(C)CCCCCO. The summed E-state index contributed by atoms with van der Waals surface area (Å²) in [6.07, 6.45) is 2.52. The molecule has 0 unspecified atom stereocenters. The Bertz CT molecular complexity index is 435. The fourth-order valence-corrected chi connectivity index (χ4v) is 1.98. The zero-order valence-electron chi connectivity index (χ0n) is 12.3. The molecule has 0 aliphatic carbocycles. The summed E-state index contributed by atoms with van der Waals surface area (Å²) in [5.41, 5.74) is 6.77. The number of hydrogen-bond acceptors (Lipinski definition) is 4. The number of hydrogen-bond donors (Lipinski definition) is 2. The highest BCUT2D eigenvalue weighted by atomic mass is 16.5. The molecule has 5 heteroatoms. The number of nitrogen functional groups attached to an aromatic ring is 1. The van der Waals surface area contributed by atoms with Gasteiger partial charge in [-0.3, -0.25) is 4.79 Å². The number of nitrogens with zero attached hydrogens (tertiary/aromatic N) is 1. The molecule has 112 valence electrons. The molecular weight excluding hydrogens is 256 g/mol. The first-order valence-corrected chi connectivity index (χ1v) is 6.99. The number of aliphatic hydroxyl groups is 1. The number of ether oxygens (including phenoxy) is 1. The normalized spacial score (nSPS) is 10.3. The van der Waals surface area contributed by atoms with Crippen LogP contribution in [0, 0.1) is 0 Å². The van der Waals surface area contributed by atoms with Crippen LogP contribution in [-0.4, -0.2) is 42.7 Å². The first kappa shape index (κ1) is 16.3. The molecule has 0 radical (unpaired) electrons. The largest absolute Gasteiger partial charge is 0.493 e. The third kappa shape index (κ3) is 4.42. The van der Waals surface area contributed by atoms with Gasteiger partial charge in [0.2, 0.25) is 0 Å². The van der Waals surface area contributed by atoms with E-state index in [9.17, 15) is 4.79 Å². The molecule has 1 aromatic rings. The Balaban J connectivity index is 2.75. The van der Waals surface area contributed by atoms with Gasteiger partial charge in [-0.1, -0.05) is 6.07 Å². The van der Waals surface area contributed by atoms with Crippen LogP contribution in [0.2, 0.25) is 0 Å². The van der Waals surface area contributed by atoms with Gasteiger partial charge in [0.05, 0.1) is 6.61 Å². The molecule has 0 heterocycles. The maximum Gasteiger partial charge on any atom is 0.259 e. The number of amides is 1. The molecule has 1 aromatic carbocycles. The summed E-state index contributed by atoms with van der Waals surface area (Å²) in [7, 11) is 1.75. The second kappa shape index (κ2) is 8.43. The van der Waals surface area contributed by atoms with Crippen molar-refractivity contribution in [2.24, 2.45) is 0 Å². The number of carbonyl (C=O) groups is 1. The second-order valence-electron chi connectivity index (χ2n) is 4.66. The Morgan fingerprint density at radius 2 is 2.10 bits per heavy atom. The molecule has 20 heavy (non-hydrogen) atoms. The number of rotatable bonds is 8. The lowest BCUT2D eigenvalue weighted by Crippen LogP contribution is -2.29. The first-order chi connectivity index (χ1) is 9.61. The molecule has 0 aliphatic heterocycles. The Kier molecular flexibility index (Phi) is 6.87. The average Bonchev–Trinajstić information content (AvgIpc) is 2.43. The van der Waals surface area contributed by atoms with Crippen LogP contribution in [-0.2, 0) is 0 Å². The minimum atomic E-state index is -0.129. The van der Waals surface area contributed by atoms with Gasteiger partial charge in [0.25, 0.3) is 5.91 Å². The van der Waals surface area contributed by atoms with Crippen LogP contribution in [0.1, 0.15) is 36.5 Å². The molecule has 3 N–H and O–H groups in total. The molecule has 0 aromatic heterocycles. The van der Waals surface area contributed by atoms with E-state index in [0.717, 1.165) is 19.3 Å². The monoisotopic (exact) mass is 280 g/mol. The maximum absolute atomic E-state index is 12.4. The summed E-state index contributed by atoms with van der Waals surface area (Å²) in [6, 6.07) is 5.24. The Morgan fingerprint density at radius 3 is 2.75 bits per heavy atom. The summed E-state index contributed by atoms with van der Waals surface area (Å²) >= 11 is 0. The van der Waals surface area contributed by atoms with Gasteiger partial charge in [-0.15, -0.1) is 0 Å². The van der Waals surface area contributed by atoms with Gasteiger partial charge < -0.3 is 20.5 Å². The molecule has 0 bridgehead atoms. The zero-order valence-corrected chi connectivity index (χ0v) is 12.3. The molecule has 0 fully saturated rings. The van der Waals surface area contributed by atoms with Crippen molar-refractivity contribution in [1.29, 1.82) is 0 Å². The number of unbranched alkanes of at least 4 members (excludes halogenated alkanes) is 2. The first-order valence-electron chi connectivity index (χ1n) is 6.99. The Hall–Kier alpha value is -1.75. The third-order valence-corrected chi connectivity index (χ3v) is 3.07. The Morgan fingerprint density at radius 1 is 1.35 bits per heavy atom. The van der Waals surface area contributed by atoms with E-state index in [1.807, 2.05) is 6.92 Å². The lowest BCUT2D eigenvalue weighted by molar-refractivity contribution is 0.0789. The summed E-state index contributed by atoms with van der Waals surface area (Å²) in [5, 5.41) is 8.74. The molecule has 0 saturated carbocycles. The number of nitrogens with two attached hydrogens (primary N) is 1. The lowest BCUT2D eigenvalue weighted by atomic mass is 10.1. The van der Waals surface area contributed by atoms with Crippen molar-refractivity contribution in [3.05, 3.63) is 23.8 Å². The zero-order chi connectivity index (χ0) is 15.0. The van der Waals surface area contributed by atoms with Crippen LogP contribution in [0.5, 0.6) is 5.75 Å². The van der Waals surface area contributed by atoms with Gasteiger partial charge in [-0.2, -0.15) is 0 Å². The van der Waals surface area contributed by atoms with E-state index in [1.54, 1.807) is 30.1 Å². The van der Waals surface area contributed by atoms with Crippen molar-refractivity contribution in [2.45, 2.75) is 26.2 Å². The smallest absolute Gasteiger partial charge is 0.259 e. The van der Waals surface area contributed by atoms with Gasteiger partial charge >= 0.3 is 0 Å². The minimum absolute atomic E-state index is 0.129. The maximum atomic E-state index is 12.4. The molecule has 0 saturated heterocycles. The van der Waals surface area contributed by atoms with Crippen molar-refractivity contribution >= 4 is 11.6 Å². The van der Waals surface area contributed by atoms with E-state index in [1.165, 1.54) is 0 Å². The third-order valence-electron chi connectivity index (χ3n) is 3.07. The number of carbonyl (C=O) groups excluding carboxylic acids is 1. The van der Waals surface area contributed by atoms with E-state index in [2.05, 4.69) is 0 Å². The predicted octanol–water partition coefficient (Wildman–Crippen LogP) is 1.90. The van der Waals surface area contributed by atoms with Crippen molar-refractivity contribution in [2.75, 3.05) is 32.5 Å². The highest BCUT2D eigenvalue weighted by Crippen LogP contribution is 2.25. The van der Waals surface area contributed by atoms with Crippen LogP contribution in [0.25, 0.3) is 0 Å². The summed E-state index contributed by atoms with van der Waals surface area (Å²) in [6.45, 7) is 3.19. The topological polar surface area (TPSA) is 75.8 Å². The number of benzene rings is 1. The van der Waals surface area contributed by atoms with Gasteiger partial charge in [0.15, 0.2) is 0 Å². The summed E-state index contributed by atoms with van der Waals surface area (Å²) in [5.74, 6) is 0.398. The Labute approximate surface area is 120 Å². The van der Waals surface area contributed by atoms with Gasteiger partial charge in [-0.05, 0) is 38.3 Å². The average molecular weight is 280 g/mol. The highest BCUT2D eigenvalue weighted by molar-refractivity contribution is 6.01. The molecule has 5 nitrogen and oxygen atoms in total. The summed E-state index contributed by atoms with van der Waals surface area (Å²) < 4.78 is 5.47. The molecule has 1 amide bonds. The van der Waals surface area contributed by atoms with Crippen LogP contribution in [0.15, 0.2) is 18.2 Å². The standard InChI is InChI=1S/C15H24N2O3/c1-3-20-13-9-7-8-12(16)14(13)15(19)17(2)10-5-4-6-11-18/h7-9,18H,3-6,10-11,16H2,1-2H3. The molecule has 0 atom stereocenters. The fourth-order valence-electron chi connectivity index (χ4n) is 1.98. The van der Waals surface area contributed by atoms with Crippen LogP contribution >= 0.6 is 0 Å². The second-order valence-corrected chi connectivity index (χ2v) is 4.66. The van der Waals surface area contributed by atoms with Crippen LogP contribution < -0.4 is 10.5 Å². The molecule has 0 spiro atoms. The van der Waals surface area contributed by atoms with Crippen molar-refractivity contribution in [3.8, 4) is 5.75 Å². The lowest BCUT2D eigenvalue weighted by Gasteiger charge is -2.20. The van der Waals surface area contributed by atoms with Gasteiger partial charge in [0, 0.05) is 25.9 Å². The molecule has 1 rings (SSSR count). The van der Waals surface area contributed by atoms with Crippen LogP contribution in [0.3, 0.4) is 0 Å². The number of aliphatic hydroxyl groups excluding tert-OH is 1.